The molecule has 0 aromatic heterocycles. The van der Waals surface area contributed by atoms with Crippen molar-refractivity contribution in [1.29, 1.82) is 0 Å². The molecule has 2 fully saturated rings. The second kappa shape index (κ2) is 19.1. The summed E-state index contributed by atoms with van der Waals surface area (Å²) >= 11 is 0. The number of phenolic OH excluding ortho intramolecular Hbond substituents is 2. The molecule has 59 heavy (non-hydrogen) atoms. The van der Waals surface area contributed by atoms with Gasteiger partial charge in [-0.3, -0.25) is 29.4 Å². The Morgan fingerprint density at radius 3 is 2.14 bits per heavy atom. The molecular weight excluding hydrogens is 747 g/mol. The first-order chi connectivity index (χ1) is 28.7. The summed E-state index contributed by atoms with van der Waals surface area (Å²) in [6, 6.07) is 27.5. The number of rotatable bonds is 16. The SMILES string of the molecule is CCC(=C(c1ccc(O)cc1)c1ccc(OCCN2CCN(C(=O)CCCCCNc3cccc4c3CN(C3CCC(=O)NC3=O)C4=O)CC2)cc1)c1ccc(O)cc1. The van der Waals surface area contributed by atoms with Crippen LogP contribution in [0.5, 0.6) is 17.2 Å². The van der Waals surface area contributed by atoms with E-state index in [9.17, 15) is 29.4 Å². The molecule has 3 aliphatic rings. The minimum absolute atomic E-state index is 0.183. The number of allylic oxidation sites excluding steroid dienone is 1. The fraction of sp³-hybridized carbons (Fsp3) is 0.362. The average Bonchev–Trinajstić information content (AvgIpc) is 3.58. The number of fused-ring (bicyclic) bond motifs is 1. The van der Waals surface area contributed by atoms with Crippen LogP contribution in [0.15, 0.2) is 91.0 Å². The second-order valence-electron chi connectivity index (χ2n) is 15.4. The Kier molecular flexibility index (Phi) is 13.3. The summed E-state index contributed by atoms with van der Waals surface area (Å²) < 4.78 is 6.15. The van der Waals surface area contributed by atoms with Gasteiger partial charge in [-0.05, 0) is 102 Å². The van der Waals surface area contributed by atoms with Crippen molar-refractivity contribution in [2.75, 3.05) is 51.2 Å². The van der Waals surface area contributed by atoms with E-state index in [4.69, 9.17) is 4.74 Å². The molecule has 4 aromatic carbocycles. The quantitative estimate of drug-likeness (QED) is 0.0572. The van der Waals surface area contributed by atoms with Gasteiger partial charge in [-0.1, -0.05) is 55.8 Å². The van der Waals surface area contributed by atoms with Gasteiger partial charge in [0.25, 0.3) is 5.91 Å². The third kappa shape index (κ3) is 9.94. The first-order valence-electron chi connectivity index (χ1n) is 20.7. The van der Waals surface area contributed by atoms with Crippen molar-refractivity contribution in [3.05, 3.63) is 119 Å². The first-order valence-corrected chi connectivity index (χ1v) is 20.7. The number of benzene rings is 4. The molecule has 4 N–H and O–H groups in total. The molecule has 3 heterocycles. The zero-order valence-corrected chi connectivity index (χ0v) is 33.6. The van der Waals surface area contributed by atoms with Gasteiger partial charge in [0.05, 0.1) is 0 Å². The van der Waals surface area contributed by atoms with E-state index in [1.54, 1.807) is 35.2 Å². The van der Waals surface area contributed by atoms with Crippen molar-refractivity contribution in [2.24, 2.45) is 0 Å². The summed E-state index contributed by atoms with van der Waals surface area (Å²) in [5.74, 6) is 0.512. The molecule has 12 nitrogen and oxygen atoms in total. The minimum Gasteiger partial charge on any atom is -0.508 e. The predicted molar refractivity (Wildman–Crippen MR) is 227 cm³/mol. The number of imide groups is 1. The van der Waals surface area contributed by atoms with Gasteiger partial charge in [0.1, 0.15) is 29.9 Å². The molecule has 3 aliphatic heterocycles. The summed E-state index contributed by atoms with van der Waals surface area (Å²) in [5.41, 5.74) is 7.57. The van der Waals surface area contributed by atoms with E-state index in [2.05, 4.69) is 34.6 Å². The van der Waals surface area contributed by atoms with E-state index >= 15 is 0 Å². The highest BCUT2D eigenvalue weighted by Gasteiger charge is 2.39. The van der Waals surface area contributed by atoms with E-state index in [1.807, 2.05) is 53.4 Å². The van der Waals surface area contributed by atoms with Gasteiger partial charge in [0, 0.05) is 75.5 Å². The van der Waals surface area contributed by atoms with Crippen LogP contribution in [0.1, 0.15) is 84.5 Å². The zero-order valence-electron chi connectivity index (χ0n) is 33.6. The van der Waals surface area contributed by atoms with E-state index in [-0.39, 0.29) is 35.6 Å². The molecule has 0 aliphatic carbocycles. The molecule has 7 rings (SSSR count). The molecule has 4 aromatic rings. The van der Waals surface area contributed by atoms with Crippen LogP contribution in [-0.4, -0.2) is 100 Å². The largest absolute Gasteiger partial charge is 0.508 e. The second-order valence-corrected chi connectivity index (χ2v) is 15.4. The fourth-order valence-electron chi connectivity index (χ4n) is 8.27. The Balaban J connectivity index is 0.813. The molecule has 12 heteroatoms. The number of nitrogens with one attached hydrogen (secondary N) is 2. The normalized spacial score (nSPS) is 17.4. The number of piperidine rings is 1. The number of phenols is 2. The lowest BCUT2D eigenvalue weighted by Gasteiger charge is -2.34. The Morgan fingerprint density at radius 1 is 0.814 bits per heavy atom. The number of hydrogen-bond donors (Lipinski definition) is 4. The van der Waals surface area contributed by atoms with Crippen LogP contribution in [0.2, 0.25) is 0 Å². The van der Waals surface area contributed by atoms with Gasteiger partial charge in [-0.15, -0.1) is 0 Å². The van der Waals surface area contributed by atoms with E-state index in [0.717, 1.165) is 90.2 Å². The number of nitrogens with zero attached hydrogens (tertiary/aromatic N) is 3. The van der Waals surface area contributed by atoms with Crippen LogP contribution in [0.3, 0.4) is 0 Å². The number of amides is 4. The number of ether oxygens (including phenoxy) is 1. The van der Waals surface area contributed by atoms with Gasteiger partial charge in [0.15, 0.2) is 0 Å². The number of unbranched alkanes of at least 4 members (excludes halogenated alkanes) is 2. The summed E-state index contributed by atoms with van der Waals surface area (Å²) in [6.07, 6.45) is 4.45. The van der Waals surface area contributed by atoms with Crippen LogP contribution in [0.25, 0.3) is 11.1 Å². The summed E-state index contributed by atoms with van der Waals surface area (Å²) in [7, 11) is 0. The highest BCUT2D eigenvalue weighted by molar-refractivity contribution is 6.06. The molecule has 0 bridgehead atoms. The third-order valence-corrected chi connectivity index (χ3v) is 11.5. The number of anilines is 1. The molecule has 0 radical (unpaired) electrons. The smallest absolute Gasteiger partial charge is 0.255 e. The van der Waals surface area contributed by atoms with Crippen molar-refractivity contribution >= 4 is 40.5 Å². The lowest BCUT2D eigenvalue weighted by molar-refractivity contribution is -0.137. The van der Waals surface area contributed by atoms with Crippen LogP contribution in [0.4, 0.5) is 5.69 Å². The molecule has 1 atom stereocenters. The topological polar surface area (TPSA) is 152 Å². The van der Waals surface area contributed by atoms with E-state index in [1.165, 1.54) is 0 Å². The Labute approximate surface area is 345 Å². The van der Waals surface area contributed by atoms with Gasteiger partial charge < -0.3 is 30.1 Å². The van der Waals surface area contributed by atoms with Gasteiger partial charge in [-0.2, -0.15) is 0 Å². The highest BCUT2D eigenvalue weighted by atomic mass is 16.5. The lowest BCUT2D eigenvalue weighted by Crippen LogP contribution is -2.52. The van der Waals surface area contributed by atoms with Crippen LogP contribution in [-0.2, 0) is 20.9 Å². The Morgan fingerprint density at radius 2 is 1.47 bits per heavy atom. The standard InChI is InChI=1S/C47H53N5O7/c1-2-38(32-10-16-35(53)17-11-32)45(33-12-18-36(54)19-13-33)34-14-20-37(21-15-34)59-30-29-50-25-27-51(28-26-50)44(56)9-4-3-5-24-48-41-8-6-7-39-40(41)31-52(47(39)58)42-22-23-43(55)49-46(42)57/h6-8,10-21,42,48,53-54H,2-5,9,22-31H2,1H3,(H,49,55,57). The molecule has 4 amide bonds. The fourth-order valence-corrected chi connectivity index (χ4v) is 8.27. The van der Waals surface area contributed by atoms with Crippen molar-refractivity contribution in [1.82, 2.24) is 20.0 Å². The maximum Gasteiger partial charge on any atom is 0.255 e. The minimum atomic E-state index is -0.638. The highest BCUT2D eigenvalue weighted by Crippen LogP contribution is 2.36. The number of carbonyl (C=O) groups excluding carboxylic acids is 4. The van der Waals surface area contributed by atoms with Crippen molar-refractivity contribution in [3.63, 3.8) is 0 Å². The molecule has 308 valence electrons. The summed E-state index contributed by atoms with van der Waals surface area (Å²) in [4.78, 5) is 56.0. The van der Waals surface area contributed by atoms with Gasteiger partial charge in [-0.25, -0.2) is 0 Å². The molecular formula is C47H53N5O7. The maximum absolute atomic E-state index is 13.1. The van der Waals surface area contributed by atoms with Crippen LogP contribution in [0, 0.1) is 0 Å². The maximum atomic E-state index is 13.1. The molecule has 0 saturated carbocycles. The zero-order chi connectivity index (χ0) is 41.3. The lowest BCUT2D eigenvalue weighted by atomic mass is 9.88. The average molecular weight is 800 g/mol. The van der Waals surface area contributed by atoms with Crippen molar-refractivity contribution in [3.8, 4) is 17.2 Å². The monoisotopic (exact) mass is 799 g/mol. The summed E-state index contributed by atoms with van der Waals surface area (Å²) in [5, 5.41) is 25.6. The third-order valence-electron chi connectivity index (χ3n) is 11.5. The van der Waals surface area contributed by atoms with E-state index in [0.29, 0.717) is 51.2 Å². The van der Waals surface area contributed by atoms with Crippen molar-refractivity contribution < 1.29 is 34.1 Å². The number of piperazine rings is 1. The number of carbonyl (C=O) groups is 4. The van der Waals surface area contributed by atoms with Crippen molar-refractivity contribution in [2.45, 2.75) is 64.5 Å². The molecule has 1 unspecified atom stereocenters. The molecule has 0 spiro atoms. The van der Waals surface area contributed by atoms with Gasteiger partial charge in [0.2, 0.25) is 17.7 Å². The first kappa shape index (κ1) is 41.0. The summed E-state index contributed by atoms with van der Waals surface area (Å²) in [6.45, 7) is 7.48. The number of hydrogen-bond acceptors (Lipinski definition) is 9. The van der Waals surface area contributed by atoms with Crippen LogP contribution >= 0.6 is 0 Å². The van der Waals surface area contributed by atoms with Gasteiger partial charge >= 0.3 is 0 Å². The Bertz CT molecular complexity index is 2160. The Hall–Kier alpha value is -6.14. The number of aromatic hydroxyl groups is 2. The predicted octanol–water partition coefficient (Wildman–Crippen LogP) is 6.42. The van der Waals surface area contributed by atoms with Crippen LogP contribution < -0.4 is 15.4 Å². The molecule has 2 saturated heterocycles. The van der Waals surface area contributed by atoms with E-state index < -0.39 is 11.9 Å².